The number of hydrogen-bond acceptors (Lipinski definition) is 6. The minimum absolute atomic E-state index is 0.352. The molecule has 1 fully saturated rings. The second-order valence-electron chi connectivity index (χ2n) is 7.61. The Morgan fingerprint density at radius 2 is 1.61 bits per heavy atom. The molecule has 0 saturated carbocycles. The van der Waals surface area contributed by atoms with Crippen molar-refractivity contribution in [2.75, 3.05) is 38.2 Å². The molecular weight excluding hydrogens is 412 g/mol. The van der Waals surface area contributed by atoms with Crippen molar-refractivity contribution in [2.45, 2.75) is 18.7 Å². The van der Waals surface area contributed by atoms with E-state index in [1.165, 1.54) is 0 Å². The molecule has 0 bridgehead atoms. The average Bonchev–Trinajstić information content (AvgIpc) is 2.81. The highest BCUT2D eigenvalue weighted by molar-refractivity contribution is 7.89. The van der Waals surface area contributed by atoms with Crippen molar-refractivity contribution < 1.29 is 13.2 Å². The highest BCUT2D eigenvalue weighted by atomic mass is 32.2. The van der Waals surface area contributed by atoms with E-state index in [1.807, 2.05) is 56.3 Å². The van der Waals surface area contributed by atoms with Crippen LogP contribution in [0, 0.1) is 13.8 Å². The normalized spacial score (nSPS) is 15.1. The summed E-state index contributed by atoms with van der Waals surface area (Å²) < 4.78 is 33.0. The zero-order valence-electron chi connectivity index (χ0n) is 17.9. The summed E-state index contributed by atoms with van der Waals surface area (Å²) in [6.45, 7) is 5.85. The maximum absolute atomic E-state index is 13.0. The van der Waals surface area contributed by atoms with Gasteiger partial charge < -0.3 is 9.64 Å². The van der Waals surface area contributed by atoms with Gasteiger partial charge in [-0.2, -0.15) is 4.31 Å². The summed E-state index contributed by atoms with van der Waals surface area (Å²) in [5.41, 5.74) is 3.68. The van der Waals surface area contributed by atoms with Crippen molar-refractivity contribution in [1.29, 1.82) is 0 Å². The standard InChI is InChI=1S/C23H26N4O3S/c1-17-8-9-19(16-18(17)2)31(28,29)27-14-12-26(13-15-27)23-11-10-21(24-25-23)20-6-4-5-7-22(20)30-3/h4-11,16H,12-15H2,1-3H3. The van der Waals surface area contributed by atoms with Crippen LogP contribution in [0.25, 0.3) is 11.3 Å². The zero-order valence-corrected chi connectivity index (χ0v) is 18.8. The van der Waals surface area contributed by atoms with Crippen LogP contribution in [0.2, 0.25) is 0 Å². The molecule has 2 heterocycles. The van der Waals surface area contributed by atoms with E-state index in [0.29, 0.717) is 31.1 Å². The van der Waals surface area contributed by atoms with Gasteiger partial charge in [0.05, 0.1) is 17.7 Å². The van der Waals surface area contributed by atoms with Crippen molar-refractivity contribution in [3.8, 4) is 17.0 Å². The number of piperazine rings is 1. The number of nitrogens with zero attached hydrogens (tertiary/aromatic N) is 4. The van der Waals surface area contributed by atoms with E-state index < -0.39 is 10.0 Å². The van der Waals surface area contributed by atoms with Gasteiger partial charge in [-0.3, -0.25) is 0 Å². The topological polar surface area (TPSA) is 75.6 Å². The van der Waals surface area contributed by atoms with Crippen LogP contribution >= 0.6 is 0 Å². The highest BCUT2D eigenvalue weighted by Gasteiger charge is 2.29. The minimum Gasteiger partial charge on any atom is -0.496 e. The van der Waals surface area contributed by atoms with Crippen LogP contribution in [0.3, 0.4) is 0 Å². The third-order valence-corrected chi connectivity index (χ3v) is 7.61. The Balaban J connectivity index is 1.45. The number of methoxy groups -OCH3 is 1. The molecule has 31 heavy (non-hydrogen) atoms. The van der Waals surface area contributed by atoms with Gasteiger partial charge in [-0.15, -0.1) is 10.2 Å². The van der Waals surface area contributed by atoms with Gasteiger partial charge in [0.1, 0.15) is 5.75 Å². The molecule has 0 aliphatic carbocycles. The van der Waals surface area contributed by atoms with Crippen molar-refractivity contribution in [1.82, 2.24) is 14.5 Å². The van der Waals surface area contributed by atoms with Crippen LogP contribution in [-0.2, 0) is 10.0 Å². The molecular formula is C23H26N4O3S. The van der Waals surface area contributed by atoms with E-state index in [2.05, 4.69) is 15.1 Å². The molecule has 8 heteroatoms. The van der Waals surface area contributed by atoms with Crippen molar-refractivity contribution in [3.63, 3.8) is 0 Å². The molecule has 2 aromatic carbocycles. The lowest BCUT2D eigenvalue weighted by Gasteiger charge is -2.34. The monoisotopic (exact) mass is 438 g/mol. The maximum atomic E-state index is 13.0. The van der Waals surface area contributed by atoms with Crippen LogP contribution in [0.15, 0.2) is 59.5 Å². The fraction of sp³-hybridized carbons (Fsp3) is 0.304. The molecule has 4 rings (SSSR count). The smallest absolute Gasteiger partial charge is 0.243 e. The fourth-order valence-corrected chi connectivity index (χ4v) is 5.18. The summed E-state index contributed by atoms with van der Waals surface area (Å²) in [5, 5.41) is 8.74. The lowest BCUT2D eigenvalue weighted by atomic mass is 10.1. The van der Waals surface area contributed by atoms with E-state index in [4.69, 9.17) is 4.74 Å². The van der Waals surface area contributed by atoms with Crippen LogP contribution < -0.4 is 9.64 Å². The van der Waals surface area contributed by atoms with Crippen LogP contribution in [0.1, 0.15) is 11.1 Å². The number of hydrogen-bond donors (Lipinski definition) is 0. The van der Waals surface area contributed by atoms with Crippen molar-refractivity contribution >= 4 is 15.8 Å². The van der Waals surface area contributed by atoms with Gasteiger partial charge in [-0.1, -0.05) is 18.2 Å². The first-order valence-corrected chi connectivity index (χ1v) is 11.6. The van der Waals surface area contributed by atoms with Crippen LogP contribution in [0.4, 0.5) is 5.82 Å². The third kappa shape index (κ3) is 4.26. The molecule has 1 aliphatic heterocycles. The summed E-state index contributed by atoms with van der Waals surface area (Å²) in [6, 6.07) is 16.8. The predicted octanol–water partition coefficient (Wildman–Crippen LogP) is 3.28. The van der Waals surface area contributed by atoms with Gasteiger partial charge in [-0.25, -0.2) is 8.42 Å². The van der Waals surface area contributed by atoms with E-state index >= 15 is 0 Å². The first-order valence-electron chi connectivity index (χ1n) is 10.2. The minimum atomic E-state index is -3.50. The number of rotatable bonds is 5. The molecule has 7 nitrogen and oxygen atoms in total. The molecule has 162 valence electrons. The molecule has 1 aliphatic rings. The largest absolute Gasteiger partial charge is 0.496 e. The number of anilines is 1. The number of aromatic nitrogens is 2. The number of para-hydroxylation sites is 1. The Morgan fingerprint density at radius 1 is 0.871 bits per heavy atom. The molecule has 0 N–H and O–H groups in total. The van der Waals surface area contributed by atoms with Gasteiger partial charge in [0.25, 0.3) is 0 Å². The predicted molar refractivity (Wildman–Crippen MR) is 121 cm³/mol. The summed E-state index contributed by atoms with van der Waals surface area (Å²) in [4.78, 5) is 2.41. The summed E-state index contributed by atoms with van der Waals surface area (Å²) in [7, 11) is -1.87. The van der Waals surface area contributed by atoms with E-state index in [9.17, 15) is 8.42 Å². The first-order chi connectivity index (χ1) is 14.9. The molecule has 0 atom stereocenters. The van der Waals surface area contributed by atoms with E-state index in [1.54, 1.807) is 23.5 Å². The molecule has 3 aromatic rings. The second-order valence-corrected chi connectivity index (χ2v) is 9.55. The van der Waals surface area contributed by atoms with E-state index in [-0.39, 0.29) is 0 Å². The Bertz CT molecular complexity index is 1170. The van der Waals surface area contributed by atoms with E-state index in [0.717, 1.165) is 34.0 Å². The first kappa shape index (κ1) is 21.3. The molecule has 0 spiro atoms. The van der Waals surface area contributed by atoms with Crippen molar-refractivity contribution in [2.24, 2.45) is 0 Å². The van der Waals surface area contributed by atoms with Crippen LogP contribution in [0.5, 0.6) is 5.75 Å². The van der Waals surface area contributed by atoms with Crippen LogP contribution in [-0.4, -0.2) is 56.2 Å². The Hall–Kier alpha value is -2.97. The third-order valence-electron chi connectivity index (χ3n) is 5.71. The lowest BCUT2D eigenvalue weighted by molar-refractivity contribution is 0.383. The Kier molecular flexibility index (Phi) is 5.93. The summed E-state index contributed by atoms with van der Waals surface area (Å²) in [5.74, 6) is 1.48. The molecule has 0 unspecified atom stereocenters. The zero-order chi connectivity index (χ0) is 22.0. The number of benzene rings is 2. The fourth-order valence-electron chi connectivity index (χ4n) is 3.67. The summed E-state index contributed by atoms with van der Waals surface area (Å²) in [6.07, 6.45) is 0. The number of ether oxygens (including phenoxy) is 1. The van der Waals surface area contributed by atoms with Gasteiger partial charge in [0, 0.05) is 31.7 Å². The van der Waals surface area contributed by atoms with Gasteiger partial charge in [0.15, 0.2) is 5.82 Å². The average molecular weight is 439 g/mol. The molecule has 0 radical (unpaired) electrons. The number of aryl methyl sites for hydroxylation is 2. The lowest BCUT2D eigenvalue weighted by Crippen LogP contribution is -2.49. The van der Waals surface area contributed by atoms with Gasteiger partial charge in [0.2, 0.25) is 10.0 Å². The second kappa shape index (κ2) is 8.64. The Morgan fingerprint density at radius 3 is 2.26 bits per heavy atom. The highest BCUT2D eigenvalue weighted by Crippen LogP contribution is 2.28. The molecule has 1 saturated heterocycles. The quantitative estimate of drug-likeness (QED) is 0.609. The van der Waals surface area contributed by atoms with Gasteiger partial charge >= 0.3 is 0 Å². The maximum Gasteiger partial charge on any atom is 0.243 e. The Labute approximate surface area is 183 Å². The number of sulfonamides is 1. The SMILES string of the molecule is COc1ccccc1-c1ccc(N2CCN(S(=O)(=O)c3ccc(C)c(C)c3)CC2)nn1. The van der Waals surface area contributed by atoms with Crippen molar-refractivity contribution in [3.05, 3.63) is 65.7 Å². The van der Waals surface area contributed by atoms with Gasteiger partial charge in [-0.05, 0) is 61.4 Å². The molecule has 1 aromatic heterocycles. The molecule has 0 amide bonds. The summed E-state index contributed by atoms with van der Waals surface area (Å²) >= 11 is 0.